The third-order valence-corrected chi connectivity index (χ3v) is 2.44. The lowest BCUT2D eigenvalue weighted by Gasteiger charge is -2.15. The predicted octanol–water partition coefficient (Wildman–Crippen LogP) is 2.52. The zero-order valence-corrected chi connectivity index (χ0v) is 10.2. The Labute approximate surface area is 101 Å². The van der Waals surface area contributed by atoms with Crippen molar-refractivity contribution in [3.63, 3.8) is 0 Å². The predicted molar refractivity (Wildman–Crippen MR) is 64.5 cm³/mol. The van der Waals surface area contributed by atoms with Crippen LogP contribution in [0.4, 0.5) is 0 Å². The van der Waals surface area contributed by atoms with Crippen LogP contribution < -0.4 is 10.5 Å². The minimum atomic E-state index is -0.495. The molecule has 0 radical (unpaired) electrons. The van der Waals surface area contributed by atoms with E-state index in [1.165, 1.54) is 0 Å². The molecule has 0 amide bonds. The van der Waals surface area contributed by atoms with E-state index in [2.05, 4.69) is 0 Å². The highest BCUT2D eigenvalue weighted by Crippen LogP contribution is 2.28. The van der Waals surface area contributed by atoms with Crippen molar-refractivity contribution in [1.82, 2.24) is 0 Å². The van der Waals surface area contributed by atoms with Crippen LogP contribution in [0.3, 0.4) is 0 Å². The van der Waals surface area contributed by atoms with Gasteiger partial charge in [0.15, 0.2) is 6.10 Å². The second-order valence-electron chi connectivity index (χ2n) is 3.79. The first-order chi connectivity index (χ1) is 7.54. The van der Waals surface area contributed by atoms with E-state index in [1.807, 2.05) is 13.0 Å². The summed E-state index contributed by atoms with van der Waals surface area (Å²) < 4.78 is 5.48. The summed E-state index contributed by atoms with van der Waals surface area (Å²) in [5, 5.41) is 9.33. The number of halogens is 1. The summed E-state index contributed by atoms with van der Waals surface area (Å²) in [5.74, 6) is 0.638. The average molecular weight is 239 g/mol. The van der Waals surface area contributed by atoms with Gasteiger partial charge < -0.3 is 10.5 Å². The van der Waals surface area contributed by atoms with Crippen molar-refractivity contribution in [1.29, 1.82) is 5.26 Å². The zero-order chi connectivity index (χ0) is 12.1. The highest BCUT2D eigenvalue weighted by molar-refractivity contribution is 6.31. The van der Waals surface area contributed by atoms with Gasteiger partial charge in [-0.1, -0.05) is 17.7 Å². The molecule has 4 heteroatoms. The minimum absolute atomic E-state index is 0.000332. The summed E-state index contributed by atoms with van der Waals surface area (Å²) in [7, 11) is 0. The van der Waals surface area contributed by atoms with E-state index < -0.39 is 6.10 Å². The van der Waals surface area contributed by atoms with Crippen molar-refractivity contribution in [3.8, 4) is 11.8 Å². The molecule has 0 heterocycles. The van der Waals surface area contributed by atoms with Crippen LogP contribution >= 0.6 is 11.6 Å². The molecule has 1 aromatic carbocycles. The standard InChI is InChI=1S/C12H15ClN2O/c1-8(15)6-10-11(13)4-3-5-12(10)16-9(2)7-14/h3-5,8-9H,6,15H2,1-2H3. The Morgan fingerprint density at radius 3 is 2.75 bits per heavy atom. The van der Waals surface area contributed by atoms with Crippen molar-refractivity contribution < 1.29 is 4.74 Å². The van der Waals surface area contributed by atoms with Crippen LogP contribution in [0.1, 0.15) is 19.4 Å². The molecule has 16 heavy (non-hydrogen) atoms. The van der Waals surface area contributed by atoms with Crippen molar-refractivity contribution >= 4 is 11.6 Å². The van der Waals surface area contributed by atoms with E-state index >= 15 is 0 Å². The van der Waals surface area contributed by atoms with Gasteiger partial charge in [0.25, 0.3) is 0 Å². The van der Waals surface area contributed by atoms with E-state index in [-0.39, 0.29) is 6.04 Å². The second-order valence-corrected chi connectivity index (χ2v) is 4.19. The molecule has 2 N–H and O–H groups in total. The number of benzene rings is 1. The fourth-order valence-electron chi connectivity index (χ4n) is 1.39. The quantitative estimate of drug-likeness (QED) is 0.877. The van der Waals surface area contributed by atoms with E-state index in [0.29, 0.717) is 17.2 Å². The number of ether oxygens (including phenoxy) is 1. The molecule has 0 aliphatic carbocycles. The monoisotopic (exact) mass is 238 g/mol. The zero-order valence-electron chi connectivity index (χ0n) is 9.40. The van der Waals surface area contributed by atoms with Crippen LogP contribution in [0.25, 0.3) is 0 Å². The van der Waals surface area contributed by atoms with Gasteiger partial charge in [-0.2, -0.15) is 5.26 Å². The van der Waals surface area contributed by atoms with Crippen molar-refractivity contribution in [2.75, 3.05) is 0 Å². The number of rotatable bonds is 4. The van der Waals surface area contributed by atoms with Gasteiger partial charge in [-0.25, -0.2) is 0 Å². The van der Waals surface area contributed by atoms with Gasteiger partial charge >= 0.3 is 0 Å². The fourth-order valence-corrected chi connectivity index (χ4v) is 1.63. The summed E-state index contributed by atoms with van der Waals surface area (Å²) in [4.78, 5) is 0. The maximum absolute atomic E-state index is 8.71. The first-order valence-corrected chi connectivity index (χ1v) is 5.51. The Bertz CT molecular complexity index is 398. The van der Waals surface area contributed by atoms with Gasteiger partial charge in [-0.3, -0.25) is 0 Å². The Balaban J connectivity index is 2.99. The van der Waals surface area contributed by atoms with Crippen LogP contribution in [-0.2, 0) is 6.42 Å². The topological polar surface area (TPSA) is 59.0 Å². The average Bonchev–Trinajstić information content (AvgIpc) is 2.22. The van der Waals surface area contributed by atoms with Crippen LogP contribution in [0, 0.1) is 11.3 Å². The second kappa shape index (κ2) is 5.74. The van der Waals surface area contributed by atoms with Gasteiger partial charge in [0.2, 0.25) is 0 Å². The molecular weight excluding hydrogens is 224 g/mol. The number of nitriles is 1. The first kappa shape index (κ1) is 12.8. The van der Waals surface area contributed by atoms with Crippen LogP contribution in [0.15, 0.2) is 18.2 Å². The normalized spacial score (nSPS) is 13.9. The summed E-state index contributed by atoms with van der Waals surface area (Å²) in [6.45, 7) is 3.59. The molecule has 0 aliphatic heterocycles. The molecule has 86 valence electrons. The third-order valence-electron chi connectivity index (χ3n) is 2.09. The molecule has 0 aromatic heterocycles. The Hall–Kier alpha value is -1.24. The maximum atomic E-state index is 8.71. The lowest BCUT2D eigenvalue weighted by atomic mass is 10.1. The van der Waals surface area contributed by atoms with E-state index in [1.54, 1.807) is 25.1 Å². The molecule has 0 aliphatic rings. The molecule has 3 nitrogen and oxygen atoms in total. The third kappa shape index (κ3) is 3.41. The molecule has 2 unspecified atom stereocenters. The molecular formula is C12H15ClN2O. The largest absolute Gasteiger partial charge is 0.476 e. The molecule has 0 saturated carbocycles. The molecule has 0 spiro atoms. The van der Waals surface area contributed by atoms with Crippen LogP contribution in [0.5, 0.6) is 5.75 Å². The van der Waals surface area contributed by atoms with Gasteiger partial charge in [0.05, 0.1) is 0 Å². The van der Waals surface area contributed by atoms with Crippen LogP contribution in [0.2, 0.25) is 5.02 Å². The molecule has 0 saturated heterocycles. The van der Waals surface area contributed by atoms with Crippen molar-refractivity contribution in [2.45, 2.75) is 32.4 Å². The molecule has 1 rings (SSSR count). The highest BCUT2D eigenvalue weighted by Gasteiger charge is 2.12. The SMILES string of the molecule is CC(N)Cc1c(Cl)cccc1OC(C)C#N. The van der Waals surface area contributed by atoms with Gasteiger partial charge in [0.1, 0.15) is 11.8 Å². The summed E-state index contributed by atoms with van der Waals surface area (Å²) in [6, 6.07) is 7.41. The van der Waals surface area contributed by atoms with Gasteiger partial charge in [-0.05, 0) is 32.4 Å². The Morgan fingerprint density at radius 1 is 1.50 bits per heavy atom. The van der Waals surface area contributed by atoms with Gasteiger partial charge in [-0.15, -0.1) is 0 Å². The maximum Gasteiger partial charge on any atom is 0.181 e. The molecule has 0 fully saturated rings. The van der Waals surface area contributed by atoms with Crippen molar-refractivity contribution in [3.05, 3.63) is 28.8 Å². The summed E-state index contributed by atoms with van der Waals surface area (Å²) in [6.07, 6.45) is 0.137. The number of nitrogens with two attached hydrogens (primary N) is 1. The summed E-state index contributed by atoms with van der Waals surface area (Å²) in [5.41, 5.74) is 6.61. The number of hydrogen-bond donors (Lipinski definition) is 1. The Morgan fingerprint density at radius 2 is 2.19 bits per heavy atom. The molecule has 2 atom stereocenters. The van der Waals surface area contributed by atoms with Crippen LogP contribution in [-0.4, -0.2) is 12.1 Å². The lowest BCUT2D eigenvalue weighted by molar-refractivity contribution is 0.273. The van der Waals surface area contributed by atoms with Crippen molar-refractivity contribution in [2.24, 2.45) is 5.73 Å². The molecule has 1 aromatic rings. The minimum Gasteiger partial charge on any atom is -0.476 e. The van der Waals surface area contributed by atoms with E-state index in [0.717, 1.165) is 5.56 Å². The Kier molecular flexibility index (Phi) is 4.60. The van der Waals surface area contributed by atoms with E-state index in [4.69, 9.17) is 27.3 Å². The fraction of sp³-hybridized carbons (Fsp3) is 0.417. The number of hydrogen-bond acceptors (Lipinski definition) is 3. The first-order valence-electron chi connectivity index (χ1n) is 5.13. The number of nitrogens with zero attached hydrogens (tertiary/aromatic N) is 1. The lowest BCUT2D eigenvalue weighted by Crippen LogP contribution is -2.19. The highest BCUT2D eigenvalue weighted by atomic mass is 35.5. The summed E-state index contributed by atoms with van der Waals surface area (Å²) >= 11 is 6.08. The van der Waals surface area contributed by atoms with E-state index in [9.17, 15) is 0 Å². The smallest absolute Gasteiger partial charge is 0.181 e. The molecule has 0 bridgehead atoms. The van der Waals surface area contributed by atoms with Gasteiger partial charge in [0, 0.05) is 16.6 Å².